The minimum Gasteiger partial charge on any atom is -0.293 e. The highest BCUT2D eigenvalue weighted by Gasteiger charge is 2.10. The molecule has 0 aliphatic carbocycles. The number of aryl methyl sites for hydroxylation is 1. The molecule has 0 aliphatic heterocycles. The first-order chi connectivity index (χ1) is 12.5. The number of thiophene rings is 1. The van der Waals surface area contributed by atoms with E-state index in [1.165, 1.54) is 28.0 Å². The number of aromatic nitrogens is 1. The van der Waals surface area contributed by atoms with E-state index in [2.05, 4.69) is 0 Å². The minimum absolute atomic E-state index is 0.114. The van der Waals surface area contributed by atoms with Crippen LogP contribution in [0.4, 0.5) is 4.39 Å². The summed E-state index contributed by atoms with van der Waals surface area (Å²) in [7, 11) is 0. The molecule has 0 saturated carbocycles. The van der Waals surface area contributed by atoms with Gasteiger partial charge in [0.2, 0.25) is 0 Å². The highest BCUT2D eigenvalue weighted by Crippen LogP contribution is 2.15. The zero-order chi connectivity index (χ0) is 18.7. The summed E-state index contributed by atoms with van der Waals surface area (Å²) in [5.74, 6) is -0.366. The molecular weight excluding hydrogens is 369 g/mol. The van der Waals surface area contributed by atoms with Crippen molar-refractivity contribution < 1.29 is 4.39 Å². The second-order valence-electron chi connectivity index (χ2n) is 5.50. The molecule has 0 radical (unpaired) electrons. The first-order valence-corrected chi connectivity index (χ1v) is 9.27. The van der Waals surface area contributed by atoms with E-state index in [-0.39, 0.29) is 23.5 Å². The standard InChI is InChI=1S/C19H12FN3OS2/c1-12-6-7-25-16(12)8-17-18(24)23(19(26-17)14(9-21)10-22)11-13-2-4-15(20)5-3-13/h2-8H,11H2,1H3/b17-8-. The van der Waals surface area contributed by atoms with Crippen LogP contribution < -0.4 is 14.8 Å². The average Bonchev–Trinajstić information content (AvgIpc) is 3.17. The summed E-state index contributed by atoms with van der Waals surface area (Å²) >= 11 is 2.64. The van der Waals surface area contributed by atoms with Gasteiger partial charge in [0.15, 0.2) is 5.57 Å². The molecule has 3 aromatic rings. The summed E-state index contributed by atoms with van der Waals surface area (Å²) in [6.07, 6.45) is 1.78. The molecule has 0 amide bonds. The molecule has 2 heterocycles. The van der Waals surface area contributed by atoms with Crippen LogP contribution in [0, 0.1) is 35.4 Å². The Labute approximate surface area is 156 Å². The summed E-state index contributed by atoms with van der Waals surface area (Å²) in [5, 5.41) is 20.4. The zero-order valence-electron chi connectivity index (χ0n) is 13.7. The van der Waals surface area contributed by atoms with Gasteiger partial charge in [-0.1, -0.05) is 12.1 Å². The van der Waals surface area contributed by atoms with Crippen molar-refractivity contribution in [1.29, 1.82) is 10.5 Å². The number of rotatable bonds is 3. The van der Waals surface area contributed by atoms with E-state index in [0.717, 1.165) is 21.8 Å². The molecule has 0 unspecified atom stereocenters. The summed E-state index contributed by atoms with van der Waals surface area (Å²) in [5.41, 5.74) is 1.38. The van der Waals surface area contributed by atoms with Crippen molar-refractivity contribution in [2.24, 2.45) is 0 Å². The van der Waals surface area contributed by atoms with Crippen LogP contribution in [0.25, 0.3) is 11.6 Å². The number of nitriles is 2. The van der Waals surface area contributed by atoms with Gasteiger partial charge in [0.05, 0.1) is 11.1 Å². The molecule has 4 nitrogen and oxygen atoms in total. The lowest BCUT2D eigenvalue weighted by molar-refractivity contribution is 0.626. The third kappa shape index (κ3) is 3.50. The van der Waals surface area contributed by atoms with E-state index in [4.69, 9.17) is 0 Å². The van der Waals surface area contributed by atoms with E-state index in [1.54, 1.807) is 18.2 Å². The van der Waals surface area contributed by atoms with Gasteiger partial charge in [-0.3, -0.25) is 9.36 Å². The van der Waals surface area contributed by atoms with Crippen LogP contribution in [0.2, 0.25) is 0 Å². The number of nitrogens with zero attached hydrogens (tertiary/aromatic N) is 3. The monoisotopic (exact) mass is 381 g/mol. The molecule has 128 valence electrons. The first kappa shape index (κ1) is 17.8. The fraction of sp³-hybridized carbons (Fsp3) is 0.105. The number of hydrogen-bond donors (Lipinski definition) is 0. The number of thiazole rings is 1. The van der Waals surface area contributed by atoms with Crippen molar-refractivity contribution in [3.8, 4) is 12.1 Å². The Hall–Kier alpha value is -3.00. The van der Waals surface area contributed by atoms with Gasteiger partial charge in [-0.15, -0.1) is 22.7 Å². The Balaban J connectivity index is 2.25. The molecule has 0 bridgehead atoms. The number of hydrogen-bond acceptors (Lipinski definition) is 5. The van der Waals surface area contributed by atoms with Crippen molar-refractivity contribution in [2.45, 2.75) is 13.5 Å². The predicted octanol–water partition coefficient (Wildman–Crippen LogP) is 2.49. The third-order valence-corrected chi connectivity index (χ3v) is 5.86. The zero-order valence-corrected chi connectivity index (χ0v) is 15.3. The third-order valence-electron chi connectivity index (χ3n) is 3.76. The first-order valence-electron chi connectivity index (χ1n) is 7.58. The van der Waals surface area contributed by atoms with Gasteiger partial charge in [-0.25, -0.2) is 4.39 Å². The maximum absolute atomic E-state index is 13.1. The minimum atomic E-state index is -0.366. The van der Waals surface area contributed by atoms with E-state index >= 15 is 0 Å². The Kier molecular flexibility index (Phi) is 5.13. The molecule has 0 fully saturated rings. The van der Waals surface area contributed by atoms with Crippen LogP contribution in [0.3, 0.4) is 0 Å². The largest absolute Gasteiger partial charge is 0.293 e. The SMILES string of the molecule is Cc1ccsc1/C=c1\sc(=C(C#N)C#N)n(Cc2ccc(F)cc2)c1=O. The van der Waals surface area contributed by atoms with E-state index in [1.807, 2.05) is 30.5 Å². The molecule has 0 spiro atoms. The van der Waals surface area contributed by atoms with Crippen LogP contribution in [0.15, 0.2) is 40.5 Å². The van der Waals surface area contributed by atoms with Gasteiger partial charge in [0.1, 0.15) is 22.6 Å². The molecule has 7 heteroatoms. The Morgan fingerprint density at radius 1 is 1.23 bits per heavy atom. The van der Waals surface area contributed by atoms with Crippen molar-refractivity contribution in [3.05, 3.63) is 77.1 Å². The van der Waals surface area contributed by atoms with Crippen molar-refractivity contribution in [1.82, 2.24) is 4.57 Å². The molecule has 0 atom stereocenters. The summed E-state index contributed by atoms with van der Waals surface area (Å²) in [6.45, 7) is 2.12. The highest BCUT2D eigenvalue weighted by atomic mass is 32.1. The number of benzene rings is 1. The molecule has 0 N–H and O–H groups in total. The molecular formula is C19H12FN3OS2. The number of halogens is 1. The molecule has 2 aromatic heterocycles. The summed E-state index contributed by atoms with van der Waals surface area (Å²) in [4.78, 5) is 13.8. The molecule has 1 aromatic carbocycles. The topological polar surface area (TPSA) is 69.6 Å². The fourth-order valence-corrected chi connectivity index (χ4v) is 4.36. The smallest absolute Gasteiger partial charge is 0.269 e. The van der Waals surface area contributed by atoms with Gasteiger partial charge in [0.25, 0.3) is 5.56 Å². The Bertz CT molecular complexity index is 1200. The lowest BCUT2D eigenvalue weighted by Crippen LogP contribution is -2.32. The van der Waals surface area contributed by atoms with Crippen LogP contribution >= 0.6 is 22.7 Å². The van der Waals surface area contributed by atoms with E-state index < -0.39 is 0 Å². The van der Waals surface area contributed by atoms with Crippen LogP contribution in [0.5, 0.6) is 0 Å². The van der Waals surface area contributed by atoms with Gasteiger partial charge < -0.3 is 0 Å². The van der Waals surface area contributed by atoms with Crippen LogP contribution in [-0.2, 0) is 6.54 Å². The molecule has 0 saturated heterocycles. The van der Waals surface area contributed by atoms with Crippen LogP contribution in [0.1, 0.15) is 16.0 Å². The maximum Gasteiger partial charge on any atom is 0.269 e. The van der Waals surface area contributed by atoms with Gasteiger partial charge in [-0.2, -0.15) is 10.5 Å². The molecule has 3 rings (SSSR count). The Morgan fingerprint density at radius 2 is 1.92 bits per heavy atom. The lowest BCUT2D eigenvalue weighted by Gasteiger charge is -2.02. The summed E-state index contributed by atoms with van der Waals surface area (Å²) in [6, 6.07) is 11.4. The average molecular weight is 381 g/mol. The predicted molar refractivity (Wildman–Crippen MR) is 101 cm³/mol. The quantitative estimate of drug-likeness (QED) is 0.700. The van der Waals surface area contributed by atoms with E-state index in [0.29, 0.717) is 14.8 Å². The van der Waals surface area contributed by atoms with Crippen LogP contribution in [-0.4, -0.2) is 4.57 Å². The second kappa shape index (κ2) is 7.49. The van der Waals surface area contributed by atoms with Crippen molar-refractivity contribution >= 4 is 34.3 Å². The van der Waals surface area contributed by atoms with Gasteiger partial charge in [-0.05, 0) is 47.7 Å². The normalized spacial score (nSPS) is 11.2. The van der Waals surface area contributed by atoms with Crippen molar-refractivity contribution in [2.75, 3.05) is 0 Å². The highest BCUT2D eigenvalue weighted by molar-refractivity contribution is 7.11. The van der Waals surface area contributed by atoms with Crippen molar-refractivity contribution in [3.63, 3.8) is 0 Å². The lowest BCUT2D eigenvalue weighted by atomic mass is 10.2. The van der Waals surface area contributed by atoms with Gasteiger partial charge in [0, 0.05) is 4.88 Å². The molecule has 26 heavy (non-hydrogen) atoms. The van der Waals surface area contributed by atoms with E-state index in [9.17, 15) is 19.7 Å². The van der Waals surface area contributed by atoms with Gasteiger partial charge >= 0.3 is 0 Å². The molecule has 0 aliphatic rings. The Morgan fingerprint density at radius 3 is 2.50 bits per heavy atom. The fourth-order valence-electron chi connectivity index (χ4n) is 2.39. The summed E-state index contributed by atoms with van der Waals surface area (Å²) < 4.78 is 15.3. The second-order valence-corrected chi connectivity index (χ2v) is 7.48. The maximum atomic E-state index is 13.1.